The second kappa shape index (κ2) is 5.45. The van der Waals surface area contributed by atoms with Crippen LogP contribution < -0.4 is 0 Å². The quantitative estimate of drug-likeness (QED) is 0.711. The molecule has 0 aliphatic heterocycles. The summed E-state index contributed by atoms with van der Waals surface area (Å²) < 4.78 is 0.886. The zero-order valence-corrected chi connectivity index (χ0v) is 13.4. The van der Waals surface area contributed by atoms with Crippen molar-refractivity contribution in [1.82, 2.24) is 25.1 Å². The number of aromatic amines is 1. The fraction of sp³-hybridized carbons (Fsp3) is 0.214. The normalized spacial score (nSPS) is 11.4. The van der Waals surface area contributed by atoms with E-state index in [-0.39, 0.29) is 0 Å². The Hall–Kier alpha value is -1.54. The SMILES string of the molecule is CN(C)Cc1cncc(-c2ccc3[nH]nc(I)c3n2)c1. The van der Waals surface area contributed by atoms with Gasteiger partial charge in [0.25, 0.3) is 0 Å². The van der Waals surface area contributed by atoms with Gasteiger partial charge < -0.3 is 4.90 Å². The van der Waals surface area contributed by atoms with Gasteiger partial charge in [-0.1, -0.05) is 0 Å². The molecule has 0 radical (unpaired) electrons. The third kappa shape index (κ3) is 2.66. The molecule has 0 aromatic carbocycles. The Morgan fingerprint density at radius 1 is 1.25 bits per heavy atom. The highest BCUT2D eigenvalue weighted by Gasteiger charge is 2.08. The van der Waals surface area contributed by atoms with Gasteiger partial charge in [0.15, 0.2) is 0 Å². The lowest BCUT2D eigenvalue weighted by Gasteiger charge is -2.10. The number of fused-ring (bicyclic) bond motifs is 1. The van der Waals surface area contributed by atoms with Crippen LogP contribution in [0.5, 0.6) is 0 Å². The predicted molar refractivity (Wildman–Crippen MR) is 87.2 cm³/mol. The minimum absolute atomic E-state index is 0.867. The highest BCUT2D eigenvalue weighted by molar-refractivity contribution is 14.1. The van der Waals surface area contributed by atoms with Gasteiger partial charge in [-0.15, -0.1) is 0 Å². The van der Waals surface area contributed by atoms with Crippen molar-refractivity contribution in [2.45, 2.75) is 6.54 Å². The van der Waals surface area contributed by atoms with E-state index in [0.29, 0.717) is 0 Å². The zero-order chi connectivity index (χ0) is 14.1. The van der Waals surface area contributed by atoms with E-state index in [4.69, 9.17) is 0 Å². The summed E-state index contributed by atoms with van der Waals surface area (Å²) in [7, 11) is 4.09. The number of aromatic nitrogens is 4. The molecule has 3 rings (SSSR count). The van der Waals surface area contributed by atoms with Gasteiger partial charge in [0.2, 0.25) is 0 Å². The minimum atomic E-state index is 0.867. The van der Waals surface area contributed by atoms with E-state index in [1.807, 2.05) is 38.6 Å². The fourth-order valence-electron chi connectivity index (χ4n) is 2.11. The molecule has 3 heterocycles. The second-order valence-corrected chi connectivity index (χ2v) is 5.95. The first kappa shape index (κ1) is 13.4. The summed E-state index contributed by atoms with van der Waals surface area (Å²) in [5.41, 5.74) is 4.99. The summed E-state index contributed by atoms with van der Waals surface area (Å²) >= 11 is 2.18. The van der Waals surface area contributed by atoms with E-state index in [0.717, 1.165) is 32.5 Å². The molecular weight excluding hydrogens is 365 g/mol. The van der Waals surface area contributed by atoms with Crippen molar-refractivity contribution in [1.29, 1.82) is 0 Å². The van der Waals surface area contributed by atoms with Gasteiger partial charge in [-0.2, -0.15) is 5.10 Å². The van der Waals surface area contributed by atoms with E-state index >= 15 is 0 Å². The molecule has 1 N–H and O–H groups in total. The van der Waals surface area contributed by atoms with Crippen LogP contribution in [0.15, 0.2) is 30.6 Å². The zero-order valence-electron chi connectivity index (χ0n) is 11.3. The third-order valence-corrected chi connectivity index (χ3v) is 3.71. The van der Waals surface area contributed by atoms with Gasteiger partial charge in [0, 0.05) is 24.5 Å². The molecule has 0 saturated carbocycles. The number of nitrogens with one attached hydrogen (secondary N) is 1. The van der Waals surface area contributed by atoms with Crippen molar-refractivity contribution < 1.29 is 0 Å². The molecule has 5 nitrogen and oxygen atoms in total. The fourth-order valence-corrected chi connectivity index (χ4v) is 2.64. The first-order valence-corrected chi connectivity index (χ1v) is 7.31. The molecule has 0 amide bonds. The predicted octanol–water partition coefficient (Wildman–Crippen LogP) is 2.69. The van der Waals surface area contributed by atoms with Crippen molar-refractivity contribution in [3.8, 4) is 11.3 Å². The highest BCUT2D eigenvalue weighted by atomic mass is 127. The molecular formula is C14H14IN5. The van der Waals surface area contributed by atoms with Crippen LogP contribution in [0.1, 0.15) is 5.56 Å². The van der Waals surface area contributed by atoms with Crippen molar-refractivity contribution in [3.63, 3.8) is 0 Å². The molecule has 0 aliphatic carbocycles. The number of H-pyrrole nitrogens is 1. The Bertz CT molecular complexity index is 750. The maximum absolute atomic E-state index is 4.67. The molecule has 20 heavy (non-hydrogen) atoms. The third-order valence-electron chi connectivity index (χ3n) is 2.95. The summed E-state index contributed by atoms with van der Waals surface area (Å²) in [5, 5.41) is 7.13. The minimum Gasteiger partial charge on any atom is -0.305 e. The van der Waals surface area contributed by atoms with Crippen molar-refractivity contribution in [2.24, 2.45) is 0 Å². The first-order chi connectivity index (χ1) is 9.63. The molecule has 0 atom stereocenters. The Labute approximate surface area is 130 Å². The van der Waals surface area contributed by atoms with Crippen LogP contribution in [0.25, 0.3) is 22.3 Å². The Morgan fingerprint density at radius 2 is 2.10 bits per heavy atom. The molecule has 0 aliphatic rings. The van der Waals surface area contributed by atoms with Crippen LogP contribution in [-0.2, 0) is 6.54 Å². The summed E-state index contributed by atoms with van der Waals surface area (Å²) in [6.45, 7) is 0.867. The largest absolute Gasteiger partial charge is 0.305 e. The van der Waals surface area contributed by atoms with Gasteiger partial charge in [-0.05, 0) is 60.4 Å². The number of pyridine rings is 2. The van der Waals surface area contributed by atoms with Crippen LogP contribution in [0.4, 0.5) is 0 Å². The molecule has 0 unspecified atom stereocenters. The number of halogens is 1. The number of hydrogen-bond acceptors (Lipinski definition) is 4. The summed E-state index contributed by atoms with van der Waals surface area (Å²) in [4.78, 5) is 11.1. The van der Waals surface area contributed by atoms with Crippen molar-refractivity contribution in [2.75, 3.05) is 14.1 Å². The topological polar surface area (TPSA) is 57.7 Å². The number of nitrogens with zero attached hydrogens (tertiary/aromatic N) is 4. The molecule has 0 saturated heterocycles. The van der Waals surface area contributed by atoms with E-state index in [2.05, 4.69) is 53.7 Å². The summed E-state index contributed by atoms with van der Waals surface area (Å²) in [6.07, 6.45) is 3.74. The highest BCUT2D eigenvalue weighted by Crippen LogP contribution is 2.22. The van der Waals surface area contributed by atoms with Gasteiger partial charge in [0.05, 0.1) is 11.2 Å². The van der Waals surface area contributed by atoms with Gasteiger partial charge in [0.1, 0.15) is 9.22 Å². The van der Waals surface area contributed by atoms with Gasteiger partial charge in [-0.25, -0.2) is 4.98 Å². The van der Waals surface area contributed by atoms with Crippen LogP contribution in [0.3, 0.4) is 0 Å². The maximum Gasteiger partial charge on any atom is 0.149 e. The first-order valence-electron chi connectivity index (χ1n) is 6.23. The standard InChI is InChI=1S/C14H14IN5/c1-20(2)8-9-5-10(7-16-6-9)11-3-4-12-13(17-11)14(15)19-18-12/h3-7H,8H2,1-2H3,(H,18,19). The van der Waals surface area contributed by atoms with E-state index in [1.165, 1.54) is 5.56 Å². The van der Waals surface area contributed by atoms with Crippen molar-refractivity contribution in [3.05, 3.63) is 39.9 Å². The van der Waals surface area contributed by atoms with Crippen LogP contribution >= 0.6 is 22.6 Å². The molecule has 3 aromatic heterocycles. The van der Waals surface area contributed by atoms with E-state index in [1.54, 1.807) is 0 Å². The van der Waals surface area contributed by atoms with Gasteiger partial charge in [-0.3, -0.25) is 10.1 Å². The monoisotopic (exact) mass is 379 g/mol. The Balaban J connectivity index is 2.03. The molecule has 6 heteroatoms. The average molecular weight is 379 g/mol. The molecule has 0 fully saturated rings. The Morgan fingerprint density at radius 3 is 2.90 bits per heavy atom. The Kier molecular flexibility index (Phi) is 3.66. The maximum atomic E-state index is 4.67. The van der Waals surface area contributed by atoms with Crippen molar-refractivity contribution >= 4 is 33.6 Å². The molecule has 0 bridgehead atoms. The number of hydrogen-bond donors (Lipinski definition) is 1. The van der Waals surface area contributed by atoms with E-state index in [9.17, 15) is 0 Å². The lowest BCUT2D eigenvalue weighted by Crippen LogP contribution is -2.10. The lowest BCUT2D eigenvalue weighted by molar-refractivity contribution is 0.402. The number of rotatable bonds is 3. The summed E-state index contributed by atoms with van der Waals surface area (Å²) in [6, 6.07) is 6.13. The van der Waals surface area contributed by atoms with E-state index < -0.39 is 0 Å². The average Bonchev–Trinajstić information content (AvgIpc) is 2.80. The van der Waals surface area contributed by atoms with Crippen LogP contribution in [0, 0.1) is 3.70 Å². The molecule has 102 valence electrons. The molecule has 3 aromatic rings. The smallest absolute Gasteiger partial charge is 0.149 e. The lowest BCUT2D eigenvalue weighted by atomic mass is 10.1. The van der Waals surface area contributed by atoms with Gasteiger partial charge >= 0.3 is 0 Å². The summed E-state index contributed by atoms with van der Waals surface area (Å²) in [5.74, 6) is 0. The van der Waals surface area contributed by atoms with Crippen LogP contribution in [0.2, 0.25) is 0 Å². The second-order valence-electron chi connectivity index (χ2n) is 4.93. The molecule has 0 spiro atoms. The van der Waals surface area contributed by atoms with Crippen LogP contribution in [-0.4, -0.2) is 39.2 Å².